The second kappa shape index (κ2) is 8.33. The van der Waals surface area contributed by atoms with Gasteiger partial charge in [-0.05, 0) is 42.3 Å². The van der Waals surface area contributed by atoms with Gasteiger partial charge >= 0.3 is 0 Å². The van der Waals surface area contributed by atoms with E-state index in [9.17, 15) is 14.0 Å². The number of fused-ring (bicyclic) bond motifs is 1. The van der Waals surface area contributed by atoms with Gasteiger partial charge in [-0.3, -0.25) is 14.5 Å². The molecule has 31 heavy (non-hydrogen) atoms. The monoisotopic (exact) mass is 456 g/mol. The molecule has 1 heterocycles. The second-order valence-electron chi connectivity index (χ2n) is 6.99. The Hall–Kier alpha value is -2.89. The van der Waals surface area contributed by atoms with Gasteiger partial charge in [0.1, 0.15) is 11.6 Å². The highest BCUT2D eigenvalue weighted by Gasteiger charge is 2.37. The number of hydrogen-bond acceptors (Lipinski definition) is 3. The summed E-state index contributed by atoms with van der Waals surface area (Å²) in [5.41, 5.74) is 1.98. The summed E-state index contributed by atoms with van der Waals surface area (Å²) in [7, 11) is 1.44. The summed E-state index contributed by atoms with van der Waals surface area (Å²) in [5, 5.41) is 0.660. The number of ether oxygens (including phenoxy) is 1. The van der Waals surface area contributed by atoms with E-state index >= 15 is 0 Å². The molecule has 7 heteroatoms. The summed E-state index contributed by atoms with van der Waals surface area (Å²) in [6, 6.07) is 12.5. The number of benzene rings is 3. The van der Waals surface area contributed by atoms with Gasteiger partial charge in [-0.25, -0.2) is 4.39 Å². The highest BCUT2D eigenvalue weighted by Crippen LogP contribution is 2.46. The fourth-order valence-corrected chi connectivity index (χ4v) is 4.46. The van der Waals surface area contributed by atoms with Crippen LogP contribution in [-0.4, -0.2) is 30.4 Å². The number of imide groups is 1. The normalized spacial score (nSPS) is 13.0. The van der Waals surface area contributed by atoms with Crippen molar-refractivity contribution in [1.82, 2.24) is 4.90 Å². The van der Waals surface area contributed by atoms with Crippen molar-refractivity contribution in [3.63, 3.8) is 0 Å². The van der Waals surface area contributed by atoms with Gasteiger partial charge in [-0.1, -0.05) is 48.3 Å². The fraction of sp³-hybridized carbons (Fsp3) is 0.125. The molecule has 0 atom stereocenters. The molecular weight excluding hydrogens is 440 g/mol. The van der Waals surface area contributed by atoms with Crippen LogP contribution in [0.4, 0.5) is 4.39 Å². The smallest absolute Gasteiger partial charge is 0.262 e. The van der Waals surface area contributed by atoms with Crippen molar-refractivity contribution in [3.8, 4) is 28.0 Å². The molecule has 3 aromatic rings. The molecule has 0 aromatic heterocycles. The predicted molar refractivity (Wildman–Crippen MR) is 119 cm³/mol. The molecular formula is C24H17Cl2FNO3. The van der Waals surface area contributed by atoms with Crippen LogP contribution in [0.15, 0.2) is 48.5 Å². The lowest BCUT2D eigenvalue weighted by atomic mass is 9.92. The SMILES string of the molecule is C[CH]CN1C(=O)c2cccc(-c3cc(F)cc(-c4c(Cl)cccc4Cl)c3OC)c2C1=O. The minimum atomic E-state index is -0.560. The first-order valence-corrected chi connectivity index (χ1v) is 10.2. The zero-order chi connectivity index (χ0) is 22.3. The molecule has 0 fully saturated rings. The predicted octanol–water partition coefficient (Wildman–Crippen LogP) is 6.30. The molecule has 0 bridgehead atoms. The van der Waals surface area contributed by atoms with Crippen molar-refractivity contribution in [2.24, 2.45) is 0 Å². The Kier molecular flexibility index (Phi) is 5.73. The van der Waals surface area contributed by atoms with Crippen LogP contribution in [0, 0.1) is 12.2 Å². The Morgan fingerprint density at radius 3 is 2.16 bits per heavy atom. The van der Waals surface area contributed by atoms with E-state index in [0.717, 1.165) is 4.90 Å². The topological polar surface area (TPSA) is 46.6 Å². The molecule has 157 valence electrons. The molecule has 1 aliphatic rings. The van der Waals surface area contributed by atoms with Gasteiger partial charge in [0.25, 0.3) is 11.8 Å². The number of carbonyl (C=O) groups excluding carboxylic acids is 2. The molecule has 4 nitrogen and oxygen atoms in total. The Bertz CT molecular complexity index is 1210. The molecule has 4 rings (SSSR count). The first-order valence-electron chi connectivity index (χ1n) is 9.48. The Morgan fingerprint density at radius 1 is 0.903 bits per heavy atom. The maximum Gasteiger partial charge on any atom is 0.262 e. The Labute approximate surface area is 189 Å². The molecule has 0 saturated heterocycles. The van der Waals surface area contributed by atoms with Crippen LogP contribution < -0.4 is 4.74 Å². The van der Waals surface area contributed by atoms with E-state index in [2.05, 4.69) is 0 Å². The fourth-order valence-electron chi connectivity index (χ4n) is 3.86. The number of hydrogen-bond donors (Lipinski definition) is 0. The molecule has 2 amide bonds. The van der Waals surface area contributed by atoms with Crippen molar-refractivity contribution in [2.75, 3.05) is 13.7 Å². The zero-order valence-electron chi connectivity index (χ0n) is 16.7. The van der Waals surface area contributed by atoms with Crippen molar-refractivity contribution in [1.29, 1.82) is 0 Å². The minimum Gasteiger partial charge on any atom is -0.495 e. The molecule has 0 aliphatic carbocycles. The van der Waals surface area contributed by atoms with E-state index in [4.69, 9.17) is 27.9 Å². The van der Waals surface area contributed by atoms with E-state index in [1.165, 1.54) is 19.2 Å². The van der Waals surface area contributed by atoms with Gasteiger partial charge < -0.3 is 4.74 Å². The molecule has 1 aliphatic heterocycles. The van der Waals surface area contributed by atoms with Gasteiger partial charge in [0.05, 0.1) is 28.3 Å². The van der Waals surface area contributed by atoms with E-state index in [0.29, 0.717) is 38.0 Å². The average Bonchev–Trinajstić information content (AvgIpc) is 2.98. The number of rotatable bonds is 5. The van der Waals surface area contributed by atoms with Crippen LogP contribution in [0.3, 0.4) is 0 Å². The van der Waals surface area contributed by atoms with E-state index in [-0.39, 0.29) is 23.6 Å². The third kappa shape index (κ3) is 3.48. The van der Waals surface area contributed by atoms with Gasteiger partial charge in [-0.15, -0.1) is 0 Å². The lowest BCUT2D eigenvalue weighted by molar-refractivity contribution is 0.0667. The number of methoxy groups -OCH3 is 1. The number of amides is 2. The molecule has 1 radical (unpaired) electrons. The summed E-state index contributed by atoms with van der Waals surface area (Å²) < 4.78 is 20.4. The standard InChI is InChI=1S/C24H17Cl2FNO3/c1-3-10-28-23(29)15-7-4-6-14(20(15)24(28)30)16-11-13(27)12-17(22(16)31-2)21-18(25)8-5-9-19(21)26/h3-9,11-12H,10H2,1-2H3. The minimum absolute atomic E-state index is 0.187. The van der Waals surface area contributed by atoms with E-state index < -0.39 is 11.7 Å². The van der Waals surface area contributed by atoms with Crippen LogP contribution in [-0.2, 0) is 0 Å². The molecule has 3 aromatic carbocycles. The highest BCUT2D eigenvalue weighted by molar-refractivity contribution is 6.39. The lowest BCUT2D eigenvalue weighted by Gasteiger charge is -2.18. The Morgan fingerprint density at radius 2 is 1.52 bits per heavy atom. The van der Waals surface area contributed by atoms with Gasteiger partial charge in [0, 0.05) is 23.2 Å². The van der Waals surface area contributed by atoms with Crippen LogP contribution in [0.25, 0.3) is 22.3 Å². The second-order valence-corrected chi connectivity index (χ2v) is 7.80. The number of halogens is 3. The molecule has 0 unspecified atom stereocenters. The average molecular weight is 457 g/mol. The first kappa shape index (κ1) is 21.3. The number of nitrogens with zero attached hydrogens (tertiary/aromatic N) is 1. The van der Waals surface area contributed by atoms with Gasteiger partial charge in [0.2, 0.25) is 0 Å². The largest absolute Gasteiger partial charge is 0.495 e. The summed E-state index contributed by atoms with van der Waals surface area (Å²) in [6.07, 6.45) is 1.72. The zero-order valence-corrected chi connectivity index (χ0v) is 18.2. The summed E-state index contributed by atoms with van der Waals surface area (Å²) in [6.45, 7) is 1.95. The van der Waals surface area contributed by atoms with Crippen LogP contribution in [0.1, 0.15) is 27.6 Å². The quantitative estimate of drug-likeness (QED) is 0.423. The van der Waals surface area contributed by atoms with Crippen LogP contribution in [0.5, 0.6) is 5.75 Å². The van der Waals surface area contributed by atoms with Crippen molar-refractivity contribution in [3.05, 3.63) is 81.9 Å². The summed E-state index contributed by atoms with van der Waals surface area (Å²) in [5.74, 6) is -1.08. The third-order valence-electron chi connectivity index (χ3n) is 5.14. The van der Waals surface area contributed by atoms with Crippen LogP contribution >= 0.6 is 23.2 Å². The summed E-state index contributed by atoms with van der Waals surface area (Å²) >= 11 is 12.7. The lowest BCUT2D eigenvalue weighted by Crippen LogP contribution is -2.30. The molecule has 0 saturated carbocycles. The Balaban J connectivity index is 2.00. The van der Waals surface area contributed by atoms with E-state index in [1.54, 1.807) is 49.7 Å². The summed E-state index contributed by atoms with van der Waals surface area (Å²) in [4.78, 5) is 26.9. The molecule has 0 N–H and O–H groups in total. The maximum absolute atomic E-state index is 14.8. The van der Waals surface area contributed by atoms with Gasteiger partial charge in [-0.2, -0.15) is 0 Å². The van der Waals surface area contributed by atoms with Crippen LogP contribution in [0.2, 0.25) is 10.0 Å². The van der Waals surface area contributed by atoms with Gasteiger partial charge in [0.15, 0.2) is 0 Å². The van der Waals surface area contributed by atoms with Crippen molar-refractivity contribution >= 4 is 35.0 Å². The maximum atomic E-state index is 14.8. The molecule has 0 spiro atoms. The van der Waals surface area contributed by atoms with E-state index in [1.807, 2.05) is 0 Å². The van der Waals surface area contributed by atoms with Crippen molar-refractivity contribution < 1.29 is 18.7 Å². The first-order chi connectivity index (χ1) is 14.9. The third-order valence-corrected chi connectivity index (χ3v) is 5.77. The number of carbonyl (C=O) groups is 2. The van der Waals surface area contributed by atoms with Crippen molar-refractivity contribution in [2.45, 2.75) is 6.92 Å². The highest BCUT2D eigenvalue weighted by atomic mass is 35.5.